The van der Waals surface area contributed by atoms with Crippen LogP contribution in [0.15, 0.2) is 0 Å². The third kappa shape index (κ3) is 9.12. The lowest BCUT2D eigenvalue weighted by Crippen LogP contribution is -2.38. The predicted octanol–water partition coefficient (Wildman–Crippen LogP) is 1.65. The Hall–Kier alpha value is -0.610. The summed E-state index contributed by atoms with van der Waals surface area (Å²) in [4.78, 5) is 13.7. The third-order valence-corrected chi connectivity index (χ3v) is 2.67. The number of carbonyl (C=O) groups is 1. The molecule has 0 radical (unpaired) electrons. The highest BCUT2D eigenvalue weighted by Crippen LogP contribution is 2.06. The van der Waals surface area contributed by atoms with Crippen molar-refractivity contribution in [1.82, 2.24) is 10.2 Å². The highest BCUT2D eigenvalue weighted by Gasteiger charge is 2.15. The smallest absolute Gasteiger partial charge is 0.320 e. The summed E-state index contributed by atoms with van der Waals surface area (Å²) >= 11 is 0. The predicted molar refractivity (Wildman–Crippen MR) is 71.1 cm³/mol. The molecule has 0 fully saturated rings. The molecule has 0 aliphatic heterocycles. The van der Waals surface area contributed by atoms with Crippen molar-refractivity contribution in [3.05, 3.63) is 0 Å². The number of ether oxygens (including phenoxy) is 1. The van der Waals surface area contributed by atoms with Crippen LogP contribution in [0.1, 0.15) is 41.0 Å². The summed E-state index contributed by atoms with van der Waals surface area (Å²) in [7, 11) is 2.10. The minimum Gasteiger partial charge on any atom is -0.459 e. The minimum atomic E-state index is -0.397. The monoisotopic (exact) mass is 244 g/mol. The van der Waals surface area contributed by atoms with E-state index in [0.717, 1.165) is 19.5 Å². The van der Waals surface area contributed by atoms with E-state index in [-0.39, 0.29) is 12.5 Å². The Bertz CT molecular complexity index is 224. The number of likely N-dealkylation sites (N-methyl/N-ethyl adjacent to an activating group) is 1. The highest BCUT2D eigenvalue weighted by molar-refractivity contribution is 5.72. The number of rotatable bonds is 7. The molecule has 1 atom stereocenters. The first-order valence-corrected chi connectivity index (χ1v) is 6.39. The summed E-state index contributed by atoms with van der Waals surface area (Å²) in [5.74, 6) is -0.191. The molecule has 0 aromatic carbocycles. The maximum atomic E-state index is 11.4. The molecule has 1 N–H and O–H groups in total. The molecule has 0 aromatic rings. The molecule has 0 saturated carbocycles. The molecule has 0 heterocycles. The van der Waals surface area contributed by atoms with Crippen LogP contribution in [0.3, 0.4) is 0 Å². The van der Waals surface area contributed by atoms with Gasteiger partial charge in [0, 0.05) is 19.1 Å². The van der Waals surface area contributed by atoms with Gasteiger partial charge in [-0.15, -0.1) is 0 Å². The zero-order valence-corrected chi connectivity index (χ0v) is 12.2. The van der Waals surface area contributed by atoms with Gasteiger partial charge >= 0.3 is 5.97 Å². The normalized spacial score (nSPS) is 13.8. The molecular formula is C13H28N2O2. The van der Waals surface area contributed by atoms with Crippen LogP contribution in [0.5, 0.6) is 0 Å². The van der Waals surface area contributed by atoms with Gasteiger partial charge in [0.25, 0.3) is 0 Å². The van der Waals surface area contributed by atoms with Gasteiger partial charge in [-0.3, -0.25) is 4.79 Å². The van der Waals surface area contributed by atoms with Crippen LogP contribution in [0.4, 0.5) is 0 Å². The second-order valence-corrected chi connectivity index (χ2v) is 5.50. The molecule has 0 aliphatic carbocycles. The summed E-state index contributed by atoms with van der Waals surface area (Å²) in [5.41, 5.74) is -0.397. The van der Waals surface area contributed by atoms with Gasteiger partial charge < -0.3 is 15.0 Å². The summed E-state index contributed by atoms with van der Waals surface area (Å²) < 4.78 is 5.20. The molecule has 102 valence electrons. The lowest BCUT2D eigenvalue weighted by atomic mass is 10.2. The number of hydrogen-bond acceptors (Lipinski definition) is 4. The molecule has 4 heteroatoms. The van der Waals surface area contributed by atoms with E-state index in [2.05, 4.69) is 31.1 Å². The first-order chi connectivity index (χ1) is 7.76. The zero-order chi connectivity index (χ0) is 13.5. The van der Waals surface area contributed by atoms with Crippen molar-refractivity contribution >= 4 is 5.97 Å². The highest BCUT2D eigenvalue weighted by atomic mass is 16.6. The lowest BCUT2D eigenvalue weighted by molar-refractivity contribution is -0.153. The SMILES string of the molecule is CCC(C)N(C)CCNCC(=O)OC(C)(C)C. The fourth-order valence-corrected chi connectivity index (χ4v) is 1.36. The van der Waals surface area contributed by atoms with Crippen LogP contribution < -0.4 is 5.32 Å². The first kappa shape index (κ1) is 16.4. The average Bonchev–Trinajstić information content (AvgIpc) is 2.20. The van der Waals surface area contributed by atoms with Crippen molar-refractivity contribution in [3.63, 3.8) is 0 Å². The van der Waals surface area contributed by atoms with Gasteiger partial charge in [-0.1, -0.05) is 6.92 Å². The number of hydrogen-bond donors (Lipinski definition) is 1. The second-order valence-electron chi connectivity index (χ2n) is 5.50. The van der Waals surface area contributed by atoms with Crippen LogP contribution in [0, 0.1) is 0 Å². The van der Waals surface area contributed by atoms with Crippen molar-refractivity contribution < 1.29 is 9.53 Å². The Kier molecular flexibility index (Phi) is 7.39. The summed E-state index contributed by atoms with van der Waals surface area (Å²) in [6, 6.07) is 0.582. The summed E-state index contributed by atoms with van der Waals surface area (Å²) in [6.45, 7) is 12.0. The molecule has 0 rings (SSSR count). The maximum absolute atomic E-state index is 11.4. The van der Waals surface area contributed by atoms with E-state index >= 15 is 0 Å². The van der Waals surface area contributed by atoms with Crippen LogP contribution in [-0.4, -0.2) is 49.2 Å². The molecule has 0 saturated heterocycles. The largest absolute Gasteiger partial charge is 0.459 e. The molecule has 0 spiro atoms. The molecule has 0 aliphatic rings. The van der Waals surface area contributed by atoms with E-state index in [9.17, 15) is 4.79 Å². The Morgan fingerprint density at radius 2 is 2.00 bits per heavy atom. The quantitative estimate of drug-likeness (QED) is 0.546. The van der Waals surface area contributed by atoms with Crippen LogP contribution in [0.25, 0.3) is 0 Å². The molecular weight excluding hydrogens is 216 g/mol. The average molecular weight is 244 g/mol. The molecule has 4 nitrogen and oxygen atoms in total. The Balaban J connectivity index is 3.61. The van der Waals surface area contributed by atoms with Crippen LogP contribution >= 0.6 is 0 Å². The fraction of sp³-hybridized carbons (Fsp3) is 0.923. The van der Waals surface area contributed by atoms with Crippen molar-refractivity contribution in [1.29, 1.82) is 0 Å². The van der Waals surface area contributed by atoms with Crippen molar-refractivity contribution in [2.24, 2.45) is 0 Å². The summed E-state index contributed by atoms with van der Waals surface area (Å²) in [5, 5.41) is 3.10. The van der Waals surface area contributed by atoms with Crippen molar-refractivity contribution in [2.75, 3.05) is 26.7 Å². The Labute approximate surface area is 106 Å². The van der Waals surface area contributed by atoms with Gasteiger partial charge in [-0.25, -0.2) is 0 Å². The number of nitrogens with one attached hydrogen (secondary N) is 1. The third-order valence-electron chi connectivity index (χ3n) is 2.67. The fourth-order valence-electron chi connectivity index (χ4n) is 1.36. The molecule has 0 amide bonds. The van der Waals surface area contributed by atoms with Gasteiger partial charge in [-0.2, -0.15) is 0 Å². The van der Waals surface area contributed by atoms with E-state index in [4.69, 9.17) is 4.74 Å². The van der Waals surface area contributed by atoms with Gasteiger partial charge in [-0.05, 0) is 41.2 Å². The first-order valence-electron chi connectivity index (χ1n) is 6.39. The standard InChI is InChI=1S/C13H28N2O2/c1-7-11(2)15(6)9-8-14-10-12(16)17-13(3,4)5/h11,14H,7-10H2,1-6H3. The van der Waals surface area contributed by atoms with Crippen LogP contribution in [-0.2, 0) is 9.53 Å². The summed E-state index contributed by atoms with van der Waals surface area (Å²) in [6.07, 6.45) is 1.14. The zero-order valence-electron chi connectivity index (χ0n) is 12.2. The Morgan fingerprint density at radius 3 is 2.47 bits per heavy atom. The number of esters is 1. The van der Waals surface area contributed by atoms with E-state index in [0.29, 0.717) is 6.04 Å². The van der Waals surface area contributed by atoms with Gasteiger partial charge in [0.15, 0.2) is 0 Å². The molecule has 0 aromatic heterocycles. The van der Waals surface area contributed by atoms with Gasteiger partial charge in [0.2, 0.25) is 0 Å². The van der Waals surface area contributed by atoms with Crippen LogP contribution in [0.2, 0.25) is 0 Å². The van der Waals surface area contributed by atoms with Crippen molar-refractivity contribution in [3.8, 4) is 0 Å². The molecule has 17 heavy (non-hydrogen) atoms. The van der Waals surface area contributed by atoms with E-state index in [1.165, 1.54) is 0 Å². The number of carbonyl (C=O) groups excluding carboxylic acids is 1. The van der Waals surface area contributed by atoms with Gasteiger partial charge in [0.05, 0.1) is 6.54 Å². The minimum absolute atomic E-state index is 0.191. The topological polar surface area (TPSA) is 41.6 Å². The lowest BCUT2D eigenvalue weighted by Gasteiger charge is -2.23. The molecule has 0 bridgehead atoms. The van der Waals surface area contributed by atoms with E-state index < -0.39 is 5.60 Å². The van der Waals surface area contributed by atoms with E-state index in [1.807, 2.05) is 20.8 Å². The van der Waals surface area contributed by atoms with Crippen molar-refractivity contribution in [2.45, 2.75) is 52.7 Å². The Morgan fingerprint density at radius 1 is 1.41 bits per heavy atom. The molecule has 1 unspecified atom stereocenters. The number of nitrogens with zero attached hydrogens (tertiary/aromatic N) is 1. The second kappa shape index (κ2) is 7.67. The van der Waals surface area contributed by atoms with E-state index in [1.54, 1.807) is 0 Å². The van der Waals surface area contributed by atoms with Gasteiger partial charge in [0.1, 0.15) is 5.60 Å². The maximum Gasteiger partial charge on any atom is 0.320 e.